The number of urea groups is 1. The first kappa shape index (κ1) is 13.2. The normalized spacial score (nSPS) is 15.3. The SMILES string of the molecule is O=C(Nc1cc(Br)cc(C(F)(F)F)c1)NC1CC1. The van der Waals surface area contributed by atoms with Crippen LogP contribution >= 0.6 is 15.9 Å². The summed E-state index contributed by atoms with van der Waals surface area (Å²) >= 11 is 2.99. The first-order valence-corrected chi connectivity index (χ1v) is 6.09. The summed E-state index contributed by atoms with van der Waals surface area (Å²) in [5.74, 6) is 0. The van der Waals surface area contributed by atoms with E-state index in [2.05, 4.69) is 26.6 Å². The maximum absolute atomic E-state index is 12.6. The molecule has 7 heteroatoms. The number of halogens is 4. The van der Waals surface area contributed by atoms with Gasteiger partial charge in [-0.05, 0) is 31.0 Å². The third-order valence-electron chi connectivity index (χ3n) is 2.40. The van der Waals surface area contributed by atoms with Crippen molar-refractivity contribution in [2.45, 2.75) is 25.1 Å². The minimum absolute atomic E-state index is 0.106. The molecule has 1 aromatic carbocycles. The van der Waals surface area contributed by atoms with Crippen LogP contribution in [0.3, 0.4) is 0 Å². The smallest absolute Gasteiger partial charge is 0.335 e. The van der Waals surface area contributed by atoms with Gasteiger partial charge in [-0.3, -0.25) is 0 Å². The monoisotopic (exact) mass is 322 g/mol. The topological polar surface area (TPSA) is 41.1 Å². The van der Waals surface area contributed by atoms with Crippen LogP contribution < -0.4 is 10.6 Å². The van der Waals surface area contributed by atoms with Crippen molar-refractivity contribution in [3.8, 4) is 0 Å². The molecule has 18 heavy (non-hydrogen) atoms. The molecule has 98 valence electrons. The molecule has 2 N–H and O–H groups in total. The summed E-state index contributed by atoms with van der Waals surface area (Å²) in [7, 11) is 0. The van der Waals surface area contributed by atoms with Crippen molar-refractivity contribution >= 4 is 27.6 Å². The molecule has 2 amide bonds. The van der Waals surface area contributed by atoms with Crippen molar-refractivity contribution in [2.24, 2.45) is 0 Å². The van der Waals surface area contributed by atoms with E-state index in [1.54, 1.807) is 0 Å². The lowest BCUT2D eigenvalue weighted by Gasteiger charge is -2.11. The predicted octanol–water partition coefficient (Wildman–Crippen LogP) is 3.75. The molecule has 1 aliphatic carbocycles. The zero-order valence-electron chi connectivity index (χ0n) is 9.14. The van der Waals surface area contributed by atoms with Gasteiger partial charge >= 0.3 is 12.2 Å². The number of carbonyl (C=O) groups is 1. The van der Waals surface area contributed by atoms with E-state index in [9.17, 15) is 18.0 Å². The Morgan fingerprint density at radius 1 is 1.28 bits per heavy atom. The molecule has 1 aromatic rings. The summed E-state index contributed by atoms with van der Waals surface area (Å²) in [5, 5.41) is 5.02. The summed E-state index contributed by atoms with van der Waals surface area (Å²) < 4.78 is 37.9. The summed E-state index contributed by atoms with van der Waals surface area (Å²) in [4.78, 5) is 11.4. The highest BCUT2D eigenvalue weighted by molar-refractivity contribution is 9.10. The van der Waals surface area contributed by atoms with Crippen molar-refractivity contribution in [1.82, 2.24) is 5.32 Å². The standard InChI is InChI=1S/C11H10BrF3N2O/c12-7-3-6(11(13,14)15)4-9(5-7)17-10(18)16-8-1-2-8/h3-5,8H,1-2H2,(H2,16,17,18). The lowest BCUT2D eigenvalue weighted by Crippen LogP contribution is -2.30. The largest absolute Gasteiger partial charge is 0.416 e. The van der Waals surface area contributed by atoms with Gasteiger partial charge in [-0.25, -0.2) is 4.79 Å². The van der Waals surface area contributed by atoms with Crippen molar-refractivity contribution in [1.29, 1.82) is 0 Å². The van der Waals surface area contributed by atoms with Crippen molar-refractivity contribution < 1.29 is 18.0 Å². The third-order valence-corrected chi connectivity index (χ3v) is 2.85. The van der Waals surface area contributed by atoms with Crippen LogP contribution in [-0.2, 0) is 6.18 Å². The number of benzene rings is 1. The Hall–Kier alpha value is -1.24. The number of rotatable bonds is 2. The van der Waals surface area contributed by atoms with Gasteiger partial charge in [0, 0.05) is 16.2 Å². The van der Waals surface area contributed by atoms with Gasteiger partial charge in [0.25, 0.3) is 0 Å². The van der Waals surface area contributed by atoms with Gasteiger partial charge in [-0.2, -0.15) is 13.2 Å². The lowest BCUT2D eigenvalue weighted by atomic mass is 10.2. The van der Waals surface area contributed by atoms with E-state index in [0.29, 0.717) is 0 Å². The van der Waals surface area contributed by atoms with E-state index >= 15 is 0 Å². The highest BCUT2D eigenvalue weighted by Crippen LogP contribution is 2.33. The fourth-order valence-corrected chi connectivity index (χ4v) is 1.90. The van der Waals surface area contributed by atoms with Crippen LogP contribution in [0.1, 0.15) is 18.4 Å². The van der Waals surface area contributed by atoms with E-state index < -0.39 is 17.8 Å². The molecular formula is C11H10BrF3N2O. The molecule has 1 fully saturated rings. The molecule has 2 rings (SSSR count). The number of alkyl halides is 3. The number of amides is 2. The number of hydrogen-bond acceptors (Lipinski definition) is 1. The Kier molecular flexibility index (Phi) is 3.52. The van der Waals surface area contributed by atoms with Crippen LogP contribution in [0.15, 0.2) is 22.7 Å². The van der Waals surface area contributed by atoms with Gasteiger partial charge in [0.05, 0.1) is 5.56 Å². The van der Waals surface area contributed by atoms with Gasteiger partial charge in [0.2, 0.25) is 0 Å². The first-order valence-electron chi connectivity index (χ1n) is 5.30. The van der Waals surface area contributed by atoms with E-state index in [4.69, 9.17) is 0 Å². The molecule has 3 nitrogen and oxygen atoms in total. The average molecular weight is 323 g/mol. The second-order valence-electron chi connectivity index (χ2n) is 4.10. The maximum atomic E-state index is 12.6. The molecule has 0 aliphatic heterocycles. The Labute approximate surface area is 110 Å². The summed E-state index contributed by atoms with van der Waals surface area (Å²) in [6, 6.07) is 2.95. The molecule has 0 aromatic heterocycles. The Bertz CT molecular complexity index is 472. The van der Waals surface area contributed by atoms with Crippen molar-refractivity contribution in [3.63, 3.8) is 0 Å². The van der Waals surface area contributed by atoms with Crippen molar-refractivity contribution in [3.05, 3.63) is 28.2 Å². The van der Waals surface area contributed by atoms with Crippen LogP contribution in [0.5, 0.6) is 0 Å². The molecule has 0 radical (unpaired) electrons. The first-order chi connectivity index (χ1) is 8.34. The van der Waals surface area contributed by atoms with E-state index in [-0.39, 0.29) is 16.2 Å². The molecule has 0 bridgehead atoms. The van der Waals surface area contributed by atoms with Crippen molar-refractivity contribution in [2.75, 3.05) is 5.32 Å². The molecule has 0 spiro atoms. The molecule has 1 saturated carbocycles. The average Bonchev–Trinajstić information content (AvgIpc) is 2.98. The van der Waals surface area contributed by atoms with Gasteiger partial charge in [0.1, 0.15) is 0 Å². The Morgan fingerprint density at radius 3 is 2.50 bits per heavy atom. The molecule has 0 unspecified atom stereocenters. The van der Waals surface area contributed by atoms with E-state index in [1.165, 1.54) is 6.07 Å². The number of carbonyl (C=O) groups excluding carboxylic acids is 1. The molecule has 0 atom stereocenters. The number of anilines is 1. The Balaban J connectivity index is 2.11. The second kappa shape index (κ2) is 4.79. The van der Waals surface area contributed by atoms with Gasteiger partial charge in [-0.15, -0.1) is 0 Å². The highest BCUT2D eigenvalue weighted by Gasteiger charge is 2.31. The number of hydrogen-bond donors (Lipinski definition) is 2. The molecule has 1 aliphatic rings. The van der Waals surface area contributed by atoms with Crippen LogP contribution in [-0.4, -0.2) is 12.1 Å². The predicted molar refractivity (Wildman–Crippen MR) is 64.3 cm³/mol. The quantitative estimate of drug-likeness (QED) is 0.855. The van der Waals surface area contributed by atoms with E-state index in [0.717, 1.165) is 25.0 Å². The van der Waals surface area contributed by atoms with Crippen LogP contribution in [0.4, 0.5) is 23.7 Å². The highest BCUT2D eigenvalue weighted by atomic mass is 79.9. The summed E-state index contributed by atoms with van der Waals surface area (Å²) in [6.45, 7) is 0. The Morgan fingerprint density at radius 2 is 1.94 bits per heavy atom. The van der Waals surface area contributed by atoms with Gasteiger partial charge in [0.15, 0.2) is 0 Å². The zero-order chi connectivity index (χ0) is 13.3. The zero-order valence-corrected chi connectivity index (χ0v) is 10.7. The fraction of sp³-hybridized carbons (Fsp3) is 0.364. The van der Waals surface area contributed by atoms with Crippen LogP contribution in [0, 0.1) is 0 Å². The fourth-order valence-electron chi connectivity index (χ4n) is 1.41. The lowest BCUT2D eigenvalue weighted by molar-refractivity contribution is -0.137. The summed E-state index contributed by atoms with van der Waals surface area (Å²) in [5.41, 5.74) is -0.701. The summed E-state index contributed by atoms with van der Waals surface area (Å²) in [6.07, 6.45) is -2.60. The molecule has 0 saturated heterocycles. The molecule has 0 heterocycles. The van der Waals surface area contributed by atoms with Crippen LogP contribution in [0.2, 0.25) is 0 Å². The minimum Gasteiger partial charge on any atom is -0.335 e. The van der Waals surface area contributed by atoms with Gasteiger partial charge in [-0.1, -0.05) is 15.9 Å². The second-order valence-corrected chi connectivity index (χ2v) is 5.01. The maximum Gasteiger partial charge on any atom is 0.416 e. The van der Waals surface area contributed by atoms with Gasteiger partial charge < -0.3 is 10.6 Å². The third kappa shape index (κ3) is 3.63. The molecular weight excluding hydrogens is 313 g/mol. The van der Waals surface area contributed by atoms with E-state index in [1.807, 2.05) is 0 Å². The number of nitrogens with one attached hydrogen (secondary N) is 2. The van der Waals surface area contributed by atoms with Crippen LogP contribution in [0.25, 0.3) is 0 Å². The minimum atomic E-state index is -4.44.